The highest BCUT2D eigenvalue weighted by Crippen LogP contribution is 2.28. The average Bonchev–Trinajstić information content (AvgIpc) is 2.47. The van der Waals surface area contributed by atoms with Crippen LogP contribution in [0.25, 0.3) is 0 Å². The number of aryl methyl sites for hydroxylation is 1. The summed E-state index contributed by atoms with van der Waals surface area (Å²) in [6.07, 6.45) is 0.980. The lowest BCUT2D eigenvalue weighted by Crippen LogP contribution is -2.31. The van der Waals surface area contributed by atoms with Crippen LogP contribution in [0.3, 0.4) is 0 Å². The van der Waals surface area contributed by atoms with Gasteiger partial charge in [0.15, 0.2) is 0 Å². The highest BCUT2D eigenvalue weighted by atomic mass is 16.5. The number of rotatable bonds is 3. The Balaban J connectivity index is 1.90. The predicted octanol–water partition coefficient (Wildman–Crippen LogP) is 2.33. The highest BCUT2D eigenvalue weighted by molar-refractivity contribution is 5.56. The van der Waals surface area contributed by atoms with Crippen LogP contribution in [0.5, 0.6) is 5.88 Å². The average molecular weight is 284 g/mol. The van der Waals surface area contributed by atoms with E-state index in [1.807, 2.05) is 32.0 Å². The van der Waals surface area contributed by atoms with Crippen molar-refractivity contribution >= 4 is 11.5 Å². The van der Waals surface area contributed by atoms with Crippen molar-refractivity contribution in [1.29, 1.82) is 0 Å². The molecule has 0 aliphatic carbocycles. The summed E-state index contributed by atoms with van der Waals surface area (Å²) in [6, 6.07) is 8.03. The molecule has 0 radical (unpaired) electrons. The first-order chi connectivity index (χ1) is 10.2. The molecule has 21 heavy (non-hydrogen) atoms. The summed E-state index contributed by atoms with van der Waals surface area (Å²) >= 11 is 0. The summed E-state index contributed by atoms with van der Waals surface area (Å²) in [5.74, 6) is 2.26. The van der Waals surface area contributed by atoms with Crippen LogP contribution in [-0.4, -0.2) is 23.1 Å². The molecular weight excluding hydrogens is 264 g/mol. The zero-order valence-electron chi connectivity index (χ0n) is 12.5. The summed E-state index contributed by atoms with van der Waals surface area (Å²) in [5, 5.41) is 0. The van der Waals surface area contributed by atoms with Crippen molar-refractivity contribution in [2.75, 3.05) is 23.8 Å². The van der Waals surface area contributed by atoms with Gasteiger partial charge in [0.25, 0.3) is 0 Å². The molecule has 1 aromatic carbocycles. The number of ether oxygens (including phenoxy) is 1. The Labute approximate surface area is 124 Å². The van der Waals surface area contributed by atoms with E-state index in [0.29, 0.717) is 12.5 Å². The first kappa shape index (κ1) is 13.7. The SMILES string of the molecule is CCOc1cc(N2CCc3cccc(N)c3C2)nc(C)n1. The number of hydrogen-bond donors (Lipinski definition) is 1. The third kappa shape index (κ3) is 2.77. The number of nitrogens with zero attached hydrogens (tertiary/aromatic N) is 3. The minimum atomic E-state index is 0.603. The van der Waals surface area contributed by atoms with Crippen LogP contribution in [0, 0.1) is 6.92 Å². The van der Waals surface area contributed by atoms with Gasteiger partial charge in [0.2, 0.25) is 5.88 Å². The van der Waals surface area contributed by atoms with Crippen LogP contribution in [0.15, 0.2) is 24.3 Å². The molecule has 1 aliphatic rings. The molecule has 5 heteroatoms. The maximum atomic E-state index is 6.11. The summed E-state index contributed by atoms with van der Waals surface area (Å²) in [4.78, 5) is 11.1. The second kappa shape index (κ2) is 5.60. The normalized spacial score (nSPS) is 13.9. The van der Waals surface area contributed by atoms with E-state index in [4.69, 9.17) is 10.5 Å². The Bertz CT molecular complexity index is 657. The van der Waals surface area contributed by atoms with Crippen molar-refractivity contribution in [2.24, 2.45) is 0 Å². The van der Waals surface area contributed by atoms with Gasteiger partial charge in [0.1, 0.15) is 11.6 Å². The van der Waals surface area contributed by atoms with Crippen LogP contribution in [0.4, 0.5) is 11.5 Å². The Kier molecular flexibility index (Phi) is 3.64. The van der Waals surface area contributed by atoms with E-state index >= 15 is 0 Å². The fourth-order valence-corrected chi connectivity index (χ4v) is 2.71. The topological polar surface area (TPSA) is 64.3 Å². The lowest BCUT2D eigenvalue weighted by Gasteiger charge is -2.30. The van der Waals surface area contributed by atoms with Gasteiger partial charge in [0.05, 0.1) is 6.61 Å². The van der Waals surface area contributed by atoms with Gasteiger partial charge in [-0.1, -0.05) is 12.1 Å². The van der Waals surface area contributed by atoms with E-state index in [0.717, 1.165) is 36.8 Å². The van der Waals surface area contributed by atoms with Crippen molar-refractivity contribution in [1.82, 2.24) is 9.97 Å². The molecule has 2 heterocycles. The third-order valence-corrected chi connectivity index (χ3v) is 3.73. The largest absolute Gasteiger partial charge is 0.478 e. The van der Waals surface area contributed by atoms with Gasteiger partial charge >= 0.3 is 0 Å². The molecule has 0 spiro atoms. The number of nitrogen functional groups attached to an aromatic ring is 1. The Hall–Kier alpha value is -2.30. The zero-order chi connectivity index (χ0) is 14.8. The van der Waals surface area contributed by atoms with Gasteiger partial charge < -0.3 is 15.4 Å². The van der Waals surface area contributed by atoms with Crippen LogP contribution >= 0.6 is 0 Å². The number of aromatic nitrogens is 2. The number of anilines is 2. The molecule has 3 rings (SSSR count). The molecular formula is C16H20N4O. The third-order valence-electron chi connectivity index (χ3n) is 3.73. The van der Waals surface area contributed by atoms with Gasteiger partial charge in [0, 0.05) is 24.8 Å². The monoisotopic (exact) mass is 284 g/mol. The smallest absolute Gasteiger partial charge is 0.218 e. The molecule has 5 nitrogen and oxygen atoms in total. The van der Waals surface area contributed by atoms with Crippen molar-refractivity contribution in [3.8, 4) is 5.88 Å². The summed E-state index contributed by atoms with van der Waals surface area (Å²) < 4.78 is 5.51. The molecule has 2 aromatic rings. The van der Waals surface area contributed by atoms with E-state index < -0.39 is 0 Å². The molecule has 1 aliphatic heterocycles. The van der Waals surface area contributed by atoms with Crippen molar-refractivity contribution in [3.63, 3.8) is 0 Å². The Morgan fingerprint density at radius 2 is 2.19 bits per heavy atom. The number of fused-ring (bicyclic) bond motifs is 1. The molecule has 110 valence electrons. The number of nitrogens with two attached hydrogens (primary N) is 1. The maximum absolute atomic E-state index is 6.11. The summed E-state index contributed by atoms with van der Waals surface area (Å²) in [5.41, 5.74) is 9.50. The predicted molar refractivity (Wildman–Crippen MR) is 83.5 cm³/mol. The minimum Gasteiger partial charge on any atom is -0.478 e. The molecule has 0 atom stereocenters. The van der Waals surface area contributed by atoms with Crippen molar-refractivity contribution < 1.29 is 4.74 Å². The lowest BCUT2D eigenvalue weighted by atomic mass is 9.98. The van der Waals surface area contributed by atoms with Crippen molar-refractivity contribution in [3.05, 3.63) is 41.2 Å². The molecule has 0 amide bonds. The van der Waals surface area contributed by atoms with Crippen LogP contribution in [-0.2, 0) is 13.0 Å². The number of benzene rings is 1. The quantitative estimate of drug-likeness (QED) is 0.876. The van der Waals surface area contributed by atoms with Gasteiger partial charge in [-0.25, -0.2) is 4.98 Å². The molecule has 0 unspecified atom stereocenters. The molecule has 0 saturated carbocycles. The van der Waals surface area contributed by atoms with E-state index in [-0.39, 0.29) is 0 Å². The van der Waals surface area contributed by atoms with Gasteiger partial charge in [-0.15, -0.1) is 0 Å². The second-order valence-corrected chi connectivity index (χ2v) is 5.20. The van der Waals surface area contributed by atoms with Crippen LogP contribution < -0.4 is 15.4 Å². The van der Waals surface area contributed by atoms with Gasteiger partial charge in [-0.05, 0) is 37.5 Å². The maximum Gasteiger partial charge on any atom is 0.218 e. The van der Waals surface area contributed by atoms with Crippen molar-refractivity contribution in [2.45, 2.75) is 26.8 Å². The summed E-state index contributed by atoms with van der Waals surface area (Å²) in [6.45, 7) is 6.15. The standard InChI is InChI=1S/C16H20N4O/c1-3-21-16-9-15(18-11(2)19-16)20-8-7-12-5-4-6-14(17)13(12)10-20/h4-6,9H,3,7-8,10,17H2,1-2H3. The highest BCUT2D eigenvalue weighted by Gasteiger charge is 2.20. The van der Waals surface area contributed by atoms with Gasteiger partial charge in [-0.3, -0.25) is 0 Å². The first-order valence-electron chi connectivity index (χ1n) is 7.27. The van der Waals surface area contributed by atoms with Gasteiger partial charge in [-0.2, -0.15) is 4.98 Å². The van der Waals surface area contributed by atoms with E-state index in [9.17, 15) is 0 Å². The Morgan fingerprint density at radius 1 is 1.33 bits per heavy atom. The van der Waals surface area contributed by atoms with Crippen LogP contribution in [0.1, 0.15) is 23.9 Å². The van der Waals surface area contributed by atoms with E-state index in [2.05, 4.69) is 20.9 Å². The first-order valence-corrected chi connectivity index (χ1v) is 7.27. The Morgan fingerprint density at radius 3 is 3.00 bits per heavy atom. The molecule has 0 fully saturated rings. The summed E-state index contributed by atoms with van der Waals surface area (Å²) in [7, 11) is 0. The fourth-order valence-electron chi connectivity index (χ4n) is 2.71. The fraction of sp³-hybridized carbons (Fsp3) is 0.375. The molecule has 1 aromatic heterocycles. The number of hydrogen-bond acceptors (Lipinski definition) is 5. The minimum absolute atomic E-state index is 0.603. The lowest BCUT2D eigenvalue weighted by molar-refractivity contribution is 0.325. The second-order valence-electron chi connectivity index (χ2n) is 5.20. The van der Waals surface area contributed by atoms with Crippen LogP contribution in [0.2, 0.25) is 0 Å². The molecule has 0 bridgehead atoms. The molecule has 0 saturated heterocycles. The van der Waals surface area contributed by atoms with E-state index in [1.54, 1.807) is 0 Å². The van der Waals surface area contributed by atoms with E-state index in [1.165, 1.54) is 11.1 Å². The zero-order valence-corrected chi connectivity index (χ0v) is 12.5. The molecule has 2 N–H and O–H groups in total.